The van der Waals surface area contributed by atoms with Gasteiger partial charge in [0.2, 0.25) is 0 Å². The van der Waals surface area contributed by atoms with Gasteiger partial charge in [0.05, 0.1) is 11.6 Å². The van der Waals surface area contributed by atoms with Crippen molar-refractivity contribution in [2.24, 2.45) is 0 Å². The Labute approximate surface area is 195 Å². The summed E-state index contributed by atoms with van der Waals surface area (Å²) in [4.78, 5) is 21.6. The Kier molecular flexibility index (Phi) is 6.29. The van der Waals surface area contributed by atoms with Crippen LogP contribution < -0.4 is 5.56 Å². The zero-order chi connectivity index (χ0) is 22.9. The first-order valence-electron chi connectivity index (χ1n) is 12.4. The van der Waals surface area contributed by atoms with E-state index in [1.54, 1.807) is 0 Å². The van der Waals surface area contributed by atoms with E-state index in [0.717, 1.165) is 79.0 Å². The highest BCUT2D eigenvalue weighted by molar-refractivity contribution is 5.85. The number of tetrazole rings is 1. The molecule has 1 N–H and O–H groups in total. The first-order chi connectivity index (χ1) is 16.1. The zero-order valence-corrected chi connectivity index (χ0v) is 20.0. The summed E-state index contributed by atoms with van der Waals surface area (Å²) in [5.41, 5.74) is 3.87. The fourth-order valence-corrected chi connectivity index (χ4v) is 5.60. The Hall–Kier alpha value is -2.58. The molecule has 1 aromatic carbocycles. The lowest BCUT2D eigenvalue weighted by molar-refractivity contribution is 0.106. The first-order valence-corrected chi connectivity index (χ1v) is 12.4. The number of rotatable bonds is 5. The van der Waals surface area contributed by atoms with Crippen LogP contribution >= 0.6 is 0 Å². The van der Waals surface area contributed by atoms with Crippen molar-refractivity contribution in [1.82, 2.24) is 35.0 Å². The minimum atomic E-state index is -0.256. The number of aromatic nitrogens is 5. The van der Waals surface area contributed by atoms with E-state index in [4.69, 9.17) is 0 Å². The number of aromatic amines is 1. The molecule has 1 aliphatic carbocycles. The smallest absolute Gasteiger partial charge is 0.253 e. The predicted molar refractivity (Wildman–Crippen MR) is 130 cm³/mol. The Morgan fingerprint density at radius 2 is 1.79 bits per heavy atom. The summed E-state index contributed by atoms with van der Waals surface area (Å²) >= 11 is 0. The number of aryl methyl sites for hydroxylation is 2. The van der Waals surface area contributed by atoms with E-state index >= 15 is 0 Å². The molecule has 0 bridgehead atoms. The highest BCUT2D eigenvalue weighted by Gasteiger charge is 2.34. The largest absolute Gasteiger partial charge is 0.321 e. The quantitative estimate of drug-likeness (QED) is 0.643. The topological polar surface area (TPSA) is 82.9 Å². The summed E-state index contributed by atoms with van der Waals surface area (Å²) in [7, 11) is 0. The lowest BCUT2D eigenvalue weighted by Crippen LogP contribution is -2.49. The van der Waals surface area contributed by atoms with Gasteiger partial charge < -0.3 is 9.88 Å². The number of fused-ring (bicyclic) bond motifs is 1. The molecule has 3 heterocycles. The lowest BCUT2D eigenvalue weighted by Gasteiger charge is -2.38. The van der Waals surface area contributed by atoms with E-state index in [1.165, 1.54) is 19.3 Å². The highest BCUT2D eigenvalue weighted by atomic mass is 16.1. The molecule has 1 aliphatic heterocycles. The van der Waals surface area contributed by atoms with Crippen LogP contribution in [0, 0.1) is 13.8 Å². The van der Waals surface area contributed by atoms with E-state index in [9.17, 15) is 4.79 Å². The third-order valence-electron chi connectivity index (χ3n) is 7.67. The molecule has 2 fully saturated rings. The molecular weight excluding hydrogens is 414 g/mol. The van der Waals surface area contributed by atoms with Crippen molar-refractivity contribution in [2.45, 2.75) is 65.0 Å². The molecule has 0 amide bonds. The van der Waals surface area contributed by atoms with Gasteiger partial charge in [0, 0.05) is 37.1 Å². The zero-order valence-electron chi connectivity index (χ0n) is 20.0. The number of hydrogen-bond acceptors (Lipinski definition) is 6. The predicted octanol–water partition coefficient (Wildman–Crippen LogP) is 3.36. The van der Waals surface area contributed by atoms with E-state index in [0.29, 0.717) is 6.04 Å². The first kappa shape index (κ1) is 22.2. The van der Waals surface area contributed by atoms with Crippen molar-refractivity contribution in [2.75, 3.05) is 32.7 Å². The summed E-state index contributed by atoms with van der Waals surface area (Å²) in [5, 5.41) is 14.2. The van der Waals surface area contributed by atoms with Crippen molar-refractivity contribution >= 4 is 10.9 Å². The van der Waals surface area contributed by atoms with Crippen LogP contribution in [0.1, 0.15) is 73.6 Å². The van der Waals surface area contributed by atoms with E-state index in [2.05, 4.69) is 62.4 Å². The number of nitrogens with one attached hydrogen (secondary N) is 1. The number of H-pyrrole nitrogens is 1. The van der Waals surface area contributed by atoms with Gasteiger partial charge in [0.15, 0.2) is 5.82 Å². The lowest BCUT2D eigenvalue weighted by atomic mass is 9.94. The maximum atomic E-state index is 13.5. The number of likely N-dealkylation sites (N-methyl/N-ethyl adjacent to an activating group) is 1. The van der Waals surface area contributed by atoms with Crippen LogP contribution in [0.3, 0.4) is 0 Å². The van der Waals surface area contributed by atoms with Gasteiger partial charge in [-0.1, -0.05) is 38.3 Å². The Morgan fingerprint density at radius 1 is 1.06 bits per heavy atom. The van der Waals surface area contributed by atoms with Crippen LogP contribution in [0.25, 0.3) is 10.9 Å². The molecule has 1 saturated heterocycles. The van der Waals surface area contributed by atoms with Gasteiger partial charge in [-0.15, -0.1) is 5.10 Å². The fourth-order valence-electron chi connectivity index (χ4n) is 5.60. The molecule has 176 valence electrons. The van der Waals surface area contributed by atoms with Crippen LogP contribution in [0.5, 0.6) is 0 Å². The highest BCUT2D eigenvalue weighted by Crippen LogP contribution is 2.33. The molecule has 1 unspecified atom stereocenters. The van der Waals surface area contributed by atoms with Gasteiger partial charge in [-0.25, -0.2) is 4.68 Å². The molecular formula is C25H35N7O. The third kappa shape index (κ3) is 4.22. The van der Waals surface area contributed by atoms with E-state index < -0.39 is 0 Å². The minimum Gasteiger partial charge on any atom is -0.321 e. The van der Waals surface area contributed by atoms with Crippen LogP contribution in [-0.2, 0) is 0 Å². The second-order valence-corrected chi connectivity index (χ2v) is 9.69. The van der Waals surface area contributed by atoms with Gasteiger partial charge in [0.1, 0.15) is 6.04 Å². The summed E-state index contributed by atoms with van der Waals surface area (Å²) in [6.07, 6.45) is 5.89. The second-order valence-electron chi connectivity index (χ2n) is 9.69. The average molecular weight is 450 g/mol. The molecule has 0 spiro atoms. The second kappa shape index (κ2) is 9.35. The standard InChI is InChI=1S/C25H35N7O/c1-4-30-12-14-31(15-13-30)23(24-27-28-29-32(24)19-8-6-5-7-9-19)21-16-20-17(2)10-11-18(3)22(20)26-25(21)33/h10-11,16,19,23H,4-9,12-15H2,1-3H3,(H,26,33). The van der Waals surface area contributed by atoms with Gasteiger partial charge in [-0.3, -0.25) is 9.69 Å². The number of piperazine rings is 1. The Bertz CT molecular complexity index is 1170. The summed E-state index contributed by atoms with van der Waals surface area (Å²) in [5.74, 6) is 0.807. The van der Waals surface area contributed by atoms with Crippen molar-refractivity contribution in [1.29, 1.82) is 0 Å². The van der Waals surface area contributed by atoms with Crippen LogP contribution in [0.15, 0.2) is 23.0 Å². The fraction of sp³-hybridized carbons (Fsp3) is 0.600. The average Bonchev–Trinajstić information content (AvgIpc) is 3.33. The monoisotopic (exact) mass is 449 g/mol. The van der Waals surface area contributed by atoms with Crippen LogP contribution in [-0.4, -0.2) is 67.7 Å². The van der Waals surface area contributed by atoms with Gasteiger partial charge in [-0.2, -0.15) is 0 Å². The van der Waals surface area contributed by atoms with Gasteiger partial charge in [0.25, 0.3) is 5.56 Å². The van der Waals surface area contributed by atoms with E-state index in [-0.39, 0.29) is 11.6 Å². The summed E-state index contributed by atoms with van der Waals surface area (Å²) in [6.45, 7) is 11.2. The van der Waals surface area contributed by atoms with Crippen molar-refractivity contribution in [3.8, 4) is 0 Å². The number of hydrogen-bond donors (Lipinski definition) is 1. The van der Waals surface area contributed by atoms with Crippen LogP contribution in [0.2, 0.25) is 0 Å². The maximum absolute atomic E-state index is 13.5. The van der Waals surface area contributed by atoms with Crippen molar-refractivity contribution in [3.05, 3.63) is 51.1 Å². The molecule has 1 atom stereocenters. The number of nitrogens with zero attached hydrogens (tertiary/aromatic N) is 6. The molecule has 8 nitrogen and oxygen atoms in total. The number of pyridine rings is 1. The molecule has 5 rings (SSSR count). The normalized spacial score (nSPS) is 19.8. The maximum Gasteiger partial charge on any atom is 0.253 e. The van der Waals surface area contributed by atoms with Crippen molar-refractivity contribution < 1.29 is 0 Å². The molecule has 8 heteroatoms. The van der Waals surface area contributed by atoms with Gasteiger partial charge in [-0.05, 0) is 60.9 Å². The Morgan fingerprint density at radius 3 is 2.52 bits per heavy atom. The molecule has 3 aromatic rings. The molecule has 1 saturated carbocycles. The molecule has 2 aliphatic rings. The third-order valence-corrected chi connectivity index (χ3v) is 7.67. The Balaban J connectivity index is 1.63. The van der Waals surface area contributed by atoms with E-state index in [1.807, 2.05) is 11.6 Å². The van der Waals surface area contributed by atoms with Crippen molar-refractivity contribution in [3.63, 3.8) is 0 Å². The number of benzene rings is 1. The minimum absolute atomic E-state index is 0.0442. The molecule has 0 radical (unpaired) electrons. The molecule has 33 heavy (non-hydrogen) atoms. The van der Waals surface area contributed by atoms with Crippen LogP contribution in [0.4, 0.5) is 0 Å². The SMILES string of the molecule is CCN1CCN(C(c2cc3c(C)ccc(C)c3[nH]c2=O)c2nnnn2C2CCCCC2)CC1. The summed E-state index contributed by atoms with van der Waals surface area (Å²) < 4.78 is 2.03. The molecule has 2 aromatic heterocycles. The van der Waals surface area contributed by atoms with Gasteiger partial charge >= 0.3 is 0 Å². The summed E-state index contributed by atoms with van der Waals surface area (Å²) in [6, 6.07) is 6.34.